The largest absolute Gasteiger partial charge is 0.467 e. The number of esters is 1. The minimum Gasteiger partial charge on any atom is -0.467 e. The Balaban J connectivity index is 4.08. The number of halogens is 1. The molecule has 0 unspecified atom stereocenters. The number of hydrogen-bond acceptors (Lipinski definition) is 4. The van der Waals surface area contributed by atoms with E-state index in [2.05, 4.69) is 14.8 Å². The molecule has 0 aliphatic carbocycles. The molecule has 82 valence electrons. The van der Waals surface area contributed by atoms with Crippen molar-refractivity contribution in [2.75, 3.05) is 19.6 Å². The molecule has 0 bridgehead atoms. The summed E-state index contributed by atoms with van der Waals surface area (Å²) in [7, 11) is 1.25. The maximum atomic E-state index is 11.1. The Kier molecular flexibility index (Phi) is 5.30. The van der Waals surface area contributed by atoms with Crippen LogP contribution in [0.15, 0.2) is 0 Å². The first-order chi connectivity index (χ1) is 6.44. The molecule has 0 aliphatic heterocycles. The van der Waals surface area contributed by atoms with Crippen molar-refractivity contribution in [2.45, 2.75) is 19.4 Å². The van der Waals surface area contributed by atoms with E-state index in [4.69, 9.17) is 11.6 Å². The van der Waals surface area contributed by atoms with Gasteiger partial charge in [-0.2, -0.15) is 0 Å². The van der Waals surface area contributed by atoms with Gasteiger partial charge >= 0.3 is 12.1 Å². The highest BCUT2D eigenvalue weighted by atomic mass is 35.5. The van der Waals surface area contributed by atoms with Crippen molar-refractivity contribution in [1.82, 2.24) is 5.32 Å². The second-order valence-corrected chi connectivity index (χ2v) is 3.44. The molecular weight excluding hydrogens is 210 g/mol. The molecule has 0 fully saturated rings. The highest BCUT2D eigenvalue weighted by Crippen LogP contribution is 2.04. The van der Waals surface area contributed by atoms with Gasteiger partial charge in [0.05, 0.1) is 13.0 Å². The van der Waals surface area contributed by atoms with Crippen molar-refractivity contribution >= 4 is 23.7 Å². The summed E-state index contributed by atoms with van der Waals surface area (Å²) in [6, 6.07) is 0. The van der Waals surface area contributed by atoms with E-state index in [0.29, 0.717) is 0 Å². The molecule has 6 heteroatoms. The summed E-state index contributed by atoms with van der Waals surface area (Å²) in [5, 5.41) is 2.35. The fourth-order valence-electron chi connectivity index (χ4n) is 0.729. The molecule has 0 aromatic heterocycles. The molecule has 0 atom stereocenters. The number of methoxy groups -OCH3 is 1. The van der Waals surface area contributed by atoms with Crippen LogP contribution in [0.5, 0.6) is 0 Å². The van der Waals surface area contributed by atoms with Crippen LogP contribution in [0.2, 0.25) is 0 Å². The van der Waals surface area contributed by atoms with Crippen LogP contribution in [-0.2, 0) is 14.3 Å². The van der Waals surface area contributed by atoms with Crippen molar-refractivity contribution in [1.29, 1.82) is 0 Å². The molecule has 0 saturated heterocycles. The topological polar surface area (TPSA) is 64.6 Å². The number of amides is 1. The summed E-state index contributed by atoms with van der Waals surface area (Å²) in [6.07, 6.45) is -0.693. The molecule has 5 nitrogen and oxygen atoms in total. The minimum atomic E-state index is -1.10. The lowest BCUT2D eigenvalue weighted by molar-refractivity contribution is -0.146. The number of alkyl halides is 1. The molecule has 0 rings (SSSR count). The van der Waals surface area contributed by atoms with Crippen molar-refractivity contribution in [3.8, 4) is 0 Å². The smallest absolute Gasteiger partial charge is 0.408 e. The molecule has 0 spiro atoms. The Morgan fingerprint density at radius 2 is 2.00 bits per heavy atom. The SMILES string of the molecule is COC(=O)C(C)(C)NC(=O)OCCCl. The van der Waals surface area contributed by atoms with Gasteiger partial charge < -0.3 is 14.8 Å². The standard InChI is InChI=1S/C8H14ClNO4/c1-8(2,6(11)13-3)10-7(12)14-5-4-9/h4-5H2,1-3H3,(H,10,12). The van der Waals surface area contributed by atoms with Crippen LogP contribution >= 0.6 is 11.6 Å². The van der Waals surface area contributed by atoms with Gasteiger partial charge in [-0.15, -0.1) is 11.6 Å². The molecule has 14 heavy (non-hydrogen) atoms. The van der Waals surface area contributed by atoms with Gasteiger partial charge in [-0.1, -0.05) is 0 Å². The monoisotopic (exact) mass is 223 g/mol. The van der Waals surface area contributed by atoms with E-state index in [0.717, 1.165) is 0 Å². The number of ether oxygens (including phenoxy) is 2. The third-order valence-corrected chi connectivity index (χ3v) is 1.57. The summed E-state index contributed by atoms with van der Waals surface area (Å²) >= 11 is 5.31. The van der Waals surface area contributed by atoms with Crippen LogP contribution in [0.3, 0.4) is 0 Å². The zero-order valence-corrected chi connectivity index (χ0v) is 9.18. The Labute approximate surface area is 87.7 Å². The lowest BCUT2D eigenvalue weighted by Crippen LogP contribution is -2.50. The predicted octanol–water partition coefficient (Wildman–Crippen LogP) is 0.903. The third kappa shape index (κ3) is 4.32. The Hall–Kier alpha value is -0.970. The van der Waals surface area contributed by atoms with Crippen molar-refractivity contribution in [2.24, 2.45) is 0 Å². The predicted molar refractivity (Wildman–Crippen MR) is 51.3 cm³/mol. The molecule has 0 aromatic carbocycles. The molecule has 0 heterocycles. The average molecular weight is 224 g/mol. The lowest BCUT2D eigenvalue weighted by atomic mass is 10.1. The van der Waals surface area contributed by atoms with Gasteiger partial charge in [0.2, 0.25) is 0 Å². The number of rotatable bonds is 4. The molecule has 0 aliphatic rings. The molecular formula is C8H14ClNO4. The first-order valence-corrected chi connectivity index (χ1v) is 4.57. The molecule has 0 aromatic rings. The zero-order chi connectivity index (χ0) is 11.2. The van der Waals surface area contributed by atoms with Gasteiger partial charge in [0, 0.05) is 0 Å². The number of carbonyl (C=O) groups is 2. The Bertz CT molecular complexity index is 217. The van der Waals surface area contributed by atoms with E-state index in [-0.39, 0.29) is 12.5 Å². The lowest BCUT2D eigenvalue weighted by Gasteiger charge is -2.22. The van der Waals surface area contributed by atoms with Gasteiger partial charge in [0.1, 0.15) is 12.1 Å². The van der Waals surface area contributed by atoms with E-state index in [1.54, 1.807) is 0 Å². The maximum absolute atomic E-state index is 11.1. The second kappa shape index (κ2) is 5.70. The number of nitrogens with one attached hydrogen (secondary N) is 1. The van der Waals surface area contributed by atoms with E-state index in [1.807, 2.05) is 0 Å². The molecule has 0 radical (unpaired) electrons. The summed E-state index contributed by atoms with van der Waals surface area (Å²) in [5.74, 6) is -0.327. The number of alkyl carbamates (subject to hydrolysis) is 1. The molecule has 1 N–H and O–H groups in total. The first kappa shape index (κ1) is 13.0. The highest BCUT2D eigenvalue weighted by Gasteiger charge is 2.30. The van der Waals surface area contributed by atoms with Crippen molar-refractivity contribution in [3.63, 3.8) is 0 Å². The quantitative estimate of drug-likeness (QED) is 0.568. The van der Waals surface area contributed by atoms with Crippen molar-refractivity contribution < 1.29 is 19.1 Å². The average Bonchev–Trinajstić information content (AvgIpc) is 2.12. The van der Waals surface area contributed by atoms with Crippen LogP contribution in [-0.4, -0.2) is 37.2 Å². The van der Waals surface area contributed by atoms with Gasteiger partial charge in [-0.25, -0.2) is 9.59 Å². The summed E-state index contributed by atoms with van der Waals surface area (Å²) in [5.41, 5.74) is -1.10. The zero-order valence-electron chi connectivity index (χ0n) is 8.43. The summed E-state index contributed by atoms with van der Waals surface area (Å²) in [6.45, 7) is 3.13. The Morgan fingerprint density at radius 3 is 2.43 bits per heavy atom. The van der Waals surface area contributed by atoms with Crippen LogP contribution < -0.4 is 5.32 Å². The van der Waals surface area contributed by atoms with E-state index in [1.165, 1.54) is 21.0 Å². The van der Waals surface area contributed by atoms with E-state index < -0.39 is 17.6 Å². The normalized spacial score (nSPS) is 10.6. The second-order valence-electron chi connectivity index (χ2n) is 3.07. The van der Waals surface area contributed by atoms with Gasteiger partial charge in [-0.05, 0) is 13.8 Å². The van der Waals surface area contributed by atoms with Crippen LogP contribution in [0, 0.1) is 0 Å². The summed E-state index contributed by atoms with van der Waals surface area (Å²) in [4.78, 5) is 22.2. The van der Waals surface area contributed by atoms with Gasteiger partial charge in [0.15, 0.2) is 0 Å². The summed E-state index contributed by atoms with van der Waals surface area (Å²) < 4.78 is 9.12. The van der Waals surface area contributed by atoms with E-state index >= 15 is 0 Å². The minimum absolute atomic E-state index is 0.102. The third-order valence-electron chi connectivity index (χ3n) is 1.42. The van der Waals surface area contributed by atoms with Crippen LogP contribution in [0.25, 0.3) is 0 Å². The maximum Gasteiger partial charge on any atom is 0.408 e. The number of carbonyl (C=O) groups excluding carboxylic acids is 2. The van der Waals surface area contributed by atoms with Crippen LogP contribution in [0.1, 0.15) is 13.8 Å². The fraction of sp³-hybridized carbons (Fsp3) is 0.750. The van der Waals surface area contributed by atoms with Crippen molar-refractivity contribution in [3.05, 3.63) is 0 Å². The molecule has 1 amide bonds. The highest BCUT2D eigenvalue weighted by molar-refractivity contribution is 6.18. The van der Waals surface area contributed by atoms with Gasteiger partial charge in [-0.3, -0.25) is 0 Å². The fourth-order valence-corrected chi connectivity index (χ4v) is 0.806. The van der Waals surface area contributed by atoms with E-state index in [9.17, 15) is 9.59 Å². The molecule has 0 saturated carbocycles. The van der Waals surface area contributed by atoms with Crippen LogP contribution in [0.4, 0.5) is 4.79 Å². The Morgan fingerprint density at radius 1 is 1.43 bits per heavy atom. The first-order valence-electron chi connectivity index (χ1n) is 4.03. The van der Waals surface area contributed by atoms with Gasteiger partial charge in [0.25, 0.3) is 0 Å². The number of hydrogen-bond donors (Lipinski definition) is 1.